The van der Waals surface area contributed by atoms with Crippen molar-refractivity contribution >= 4 is 62.7 Å². The summed E-state index contributed by atoms with van der Waals surface area (Å²) in [5, 5.41) is 15.5. The number of imide groups is 1. The van der Waals surface area contributed by atoms with E-state index in [0.29, 0.717) is 29.3 Å². The number of H-pyrrole nitrogens is 1. The zero-order valence-electron chi connectivity index (χ0n) is 36.7. The lowest BCUT2D eigenvalue weighted by atomic mass is 9.89. The number of rotatable bonds is 11. The second-order valence-corrected chi connectivity index (χ2v) is 16.8. The smallest absolute Gasteiger partial charge is 0.331 e. The molecule has 17 nitrogen and oxygen atoms in total. The number of imidazole rings is 1. The molecule has 2 saturated heterocycles. The zero-order valence-corrected chi connectivity index (χ0v) is 36.7. The summed E-state index contributed by atoms with van der Waals surface area (Å²) >= 11 is 0. The van der Waals surface area contributed by atoms with Gasteiger partial charge in [0.25, 0.3) is 5.91 Å². The topological polar surface area (TPSA) is 176 Å². The molecule has 0 unspecified atom stereocenters. The molecular formula is C48H55N11O6. The van der Waals surface area contributed by atoms with Crippen LogP contribution in [0.2, 0.25) is 0 Å². The van der Waals surface area contributed by atoms with Crippen molar-refractivity contribution < 1.29 is 30.1 Å². The van der Waals surface area contributed by atoms with Crippen LogP contribution < -0.4 is 19.7 Å². The SMILES string of the molecule is COc1cc2[nH]ncc2cc1C(=O)Nc1cnc2cccnn12.COc1ccc(CN2C(=O)CCN(c3cccc4c3ccn4CC(=O)N3CCN(CC4CCCCC4)CC3)C2=O)cc1.[HH]. The molecule has 1 aliphatic carbocycles. The molecule has 2 N–H and O–H groups in total. The molecule has 0 radical (unpaired) electrons. The summed E-state index contributed by atoms with van der Waals surface area (Å²) in [6.07, 6.45) is 13.8. The number of hydrogen-bond acceptors (Lipinski definition) is 10. The molecule has 3 aromatic carbocycles. The molecule has 65 heavy (non-hydrogen) atoms. The molecule has 4 aromatic heterocycles. The van der Waals surface area contributed by atoms with Crippen molar-refractivity contribution in [1.29, 1.82) is 0 Å². The number of aromatic nitrogens is 6. The highest BCUT2D eigenvalue weighted by Gasteiger charge is 2.34. The van der Waals surface area contributed by atoms with Crippen LogP contribution in [0, 0.1) is 5.92 Å². The van der Waals surface area contributed by atoms with Gasteiger partial charge in [0.2, 0.25) is 11.8 Å². The van der Waals surface area contributed by atoms with E-state index in [1.54, 1.807) is 59.4 Å². The number of aromatic amines is 1. The van der Waals surface area contributed by atoms with Crippen molar-refractivity contribution in [2.24, 2.45) is 5.92 Å². The Kier molecular flexibility index (Phi) is 12.7. The van der Waals surface area contributed by atoms with Gasteiger partial charge in [-0.3, -0.25) is 34.2 Å². The standard InChI is InChI=1S/C33H41N5O4.C15H12N6O2.H2/c1-42-27-12-10-26(11-13-27)23-38-31(39)15-17-37(33(38)41)30-9-5-8-29-28(30)14-16-36(29)24-32(40)35-20-18-34(19-21-35)22-25-6-3-2-4-7-25;1-23-12-6-11-9(7-17-20-11)5-10(12)15(22)19-14-8-16-13-3-2-4-18-21(13)14;/h5,8-14,16,25H,2-4,6-7,15,17-24H2,1H3;2-8H,1H3,(H,17,20)(H,19,22);1H. The maximum absolute atomic E-state index is 13.6. The molecule has 1 saturated carbocycles. The Bertz CT molecular complexity index is 2830. The quantitative estimate of drug-likeness (QED) is 0.140. The van der Waals surface area contributed by atoms with Crippen molar-refractivity contribution in [3.05, 3.63) is 109 Å². The van der Waals surface area contributed by atoms with E-state index in [1.807, 2.05) is 64.2 Å². The molecule has 10 rings (SSSR count). The average molecular weight is 882 g/mol. The Labute approximate surface area is 377 Å². The number of methoxy groups -OCH3 is 2. The third-order valence-electron chi connectivity index (χ3n) is 12.7. The third-order valence-corrected chi connectivity index (χ3v) is 12.7. The number of nitrogens with one attached hydrogen (secondary N) is 2. The fraction of sp³-hybridized carbons (Fsp3) is 0.354. The number of nitrogens with zero attached hydrogens (tertiary/aromatic N) is 9. The number of carbonyl (C=O) groups excluding carboxylic acids is 4. The van der Waals surface area contributed by atoms with E-state index >= 15 is 0 Å². The molecule has 7 aromatic rings. The Morgan fingerprint density at radius 2 is 1.71 bits per heavy atom. The molecule has 0 spiro atoms. The number of fused-ring (bicyclic) bond motifs is 3. The van der Waals surface area contributed by atoms with Crippen molar-refractivity contribution in [2.45, 2.75) is 51.6 Å². The minimum Gasteiger partial charge on any atom is -0.497 e. The minimum absolute atomic E-state index is 0. The predicted octanol–water partition coefficient (Wildman–Crippen LogP) is 6.85. The number of anilines is 2. The van der Waals surface area contributed by atoms with E-state index in [0.717, 1.165) is 70.9 Å². The van der Waals surface area contributed by atoms with Gasteiger partial charge in [0, 0.05) is 76.3 Å². The fourth-order valence-electron chi connectivity index (χ4n) is 9.14. The molecule has 3 fully saturated rings. The van der Waals surface area contributed by atoms with Gasteiger partial charge in [0.05, 0.1) is 55.4 Å². The molecule has 2 aliphatic heterocycles. The molecule has 338 valence electrons. The van der Waals surface area contributed by atoms with Gasteiger partial charge in [0.1, 0.15) is 18.0 Å². The fourth-order valence-corrected chi connectivity index (χ4v) is 9.14. The van der Waals surface area contributed by atoms with Gasteiger partial charge in [0.15, 0.2) is 11.5 Å². The summed E-state index contributed by atoms with van der Waals surface area (Å²) in [7, 11) is 3.12. The molecule has 3 aliphatic rings. The highest BCUT2D eigenvalue weighted by atomic mass is 16.5. The van der Waals surface area contributed by atoms with Crippen LogP contribution in [0.15, 0.2) is 97.6 Å². The maximum atomic E-state index is 13.6. The number of amides is 5. The highest BCUT2D eigenvalue weighted by molar-refractivity contribution is 6.10. The Balaban J connectivity index is 0.000000208. The first-order valence-corrected chi connectivity index (χ1v) is 22.2. The number of benzene rings is 3. The second kappa shape index (κ2) is 19.2. The lowest BCUT2D eigenvalue weighted by Crippen LogP contribution is -2.52. The van der Waals surface area contributed by atoms with E-state index in [1.165, 1.54) is 50.7 Å². The number of piperazine rings is 1. The van der Waals surface area contributed by atoms with E-state index in [-0.39, 0.29) is 44.7 Å². The van der Waals surface area contributed by atoms with Crippen molar-refractivity contribution in [3.8, 4) is 11.5 Å². The van der Waals surface area contributed by atoms with Gasteiger partial charge in [-0.1, -0.05) is 37.5 Å². The van der Waals surface area contributed by atoms with Crippen LogP contribution in [0.4, 0.5) is 16.3 Å². The molecular weight excluding hydrogens is 827 g/mol. The largest absolute Gasteiger partial charge is 0.497 e. The minimum atomic E-state index is -0.329. The van der Waals surface area contributed by atoms with E-state index in [2.05, 4.69) is 30.5 Å². The summed E-state index contributed by atoms with van der Waals surface area (Å²) in [6.45, 7) is 5.41. The first kappa shape index (κ1) is 43.0. The number of ether oxygens (including phenoxy) is 2. The van der Waals surface area contributed by atoms with E-state index in [9.17, 15) is 19.2 Å². The van der Waals surface area contributed by atoms with Gasteiger partial charge in [-0.2, -0.15) is 14.7 Å². The Morgan fingerprint density at radius 1 is 0.892 bits per heavy atom. The van der Waals surface area contributed by atoms with Gasteiger partial charge in [-0.25, -0.2) is 9.78 Å². The third kappa shape index (κ3) is 9.36. The zero-order chi connectivity index (χ0) is 44.9. The predicted molar refractivity (Wildman–Crippen MR) is 248 cm³/mol. The number of hydrogen-bond donors (Lipinski definition) is 2. The second-order valence-electron chi connectivity index (χ2n) is 16.8. The number of carbonyl (C=O) groups is 4. The molecule has 5 amide bonds. The Hall–Kier alpha value is -7.27. The first-order valence-electron chi connectivity index (χ1n) is 22.2. The van der Waals surface area contributed by atoms with Crippen molar-refractivity contribution in [1.82, 2.24) is 44.1 Å². The average Bonchev–Trinajstić information content (AvgIpc) is 4.10. The van der Waals surface area contributed by atoms with Crippen LogP contribution in [0.5, 0.6) is 11.5 Å². The first-order chi connectivity index (χ1) is 31.8. The molecule has 17 heteroatoms. The van der Waals surface area contributed by atoms with Crippen LogP contribution >= 0.6 is 0 Å². The van der Waals surface area contributed by atoms with Gasteiger partial charge >= 0.3 is 6.03 Å². The van der Waals surface area contributed by atoms with Crippen LogP contribution in [0.25, 0.3) is 27.5 Å². The summed E-state index contributed by atoms with van der Waals surface area (Å²) in [5.74, 6) is 2.13. The van der Waals surface area contributed by atoms with Crippen molar-refractivity contribution in [3.63, 3.8) is 0 Å². The van der Waals surface area contributed by atoms with E-state index < -0.39 is 0 Å². The monoisotopic (exact) mass is 881 g/mol. The maximum Gasteiger partial charge on any atom is 0.331 e. The van der Waals surface area contributed by atoms with Crippen LogP contribution in [-0.2, 0) is 22.7 Å². The van der Waals surface area contributed by atoms with Gasteiger partial charge in [-0.15, -0.1) is 0 Å². The summed E-state index contributed by atoms with van der Waals surface area (Å²) in [5.41, 5.74) is 4.38. The summed E-state index contributed by atoms with van der Waals surface area (Å²) in [4.78, 5) is 64.0. The highest BCUT2D eigenvalue weighted by Crippen LogP contribution is 2.32. The lowest BCUT2D eigenvalue weighted by molar-refractivity contribution is -0.133. The normalized spacial score (nSPS) is 16.2. The summed E-state index contributed by atoms with van der Waals surface area (Å²) in [6, 6.07) is 21.9. The van der Waals surface area contributed by atoms with Crippen LogP contribution in [-0.4, -0.2) is 121 Å². The van der Waals surface area contributed by atoms with Gasteiger partial charge < -0.3 is 24.3 Å². The van der Waals surface area contributed by atoms with Crippen LogP contribution in [0.1, 0.15) is 55.9 Å². The lowest BCUT2D eigenvalue weighted by Gasteiger charge is -2.37. The molecule has 0 atom stereocenters. The van der Waals surface area contributed by atoms with Crippen LogP contribution in [0.3, 0.4) is 0 Å². The molecule has 0 bridgehead atoms. The van der Waals surface area contributed by atoms with Crippen molar-refractivity contribution in [2.75, 3.05) is 63.7 Å². The Morgan fingerprint density at radius 3 is 2.49 bits per heavy atom. The summed E-state index contributed by atoms with van der Waals surface area (Å²) < 4.78 is 14.1. The van der Waals surface area contributed by atoms with E-state index in [4.69, 9.17) is 9.47 Å². The molecule has 6 heterocycles. The van der Waals surface area contributed by atoms with Gasteiger partial charge in [-0.05, 0) is 72.9 Å². The number of urea groups is 1.